The molecule has 3 unspecified atom stereocenters. The second-order valence-corrected chi connectivity index (χ2v) is 10.6. The molecule has 2 rings (SSSR count). The number of hydrogen-bond acceptors (Lipinski definition) is 2. The minimum absolute atomic E-state index is 0.120. The van der Waals surface area contributed by atoms with Gasteiger partial charge in [0.1, 0.15) is 5.75 Å². The van der Waals surface area contributed by atoms with Crippen molar-refractivity contribution < 1.29 is 9.47 Å². The van der Waals surface area contributed by atoms with Crippen LogP contribution in [0.2, 0.25) is 0 Å². The lowest BCUT2D eigenvalue weighted by Gasteiger charge is -2.30. The minimum atomic E-state index is -0.120. The van der Waals surface area contributed by atoms with Crippen molar-refractivity contribution in [3.05, 3.63) is 29.8 Å². The van der Waals surface area contributed by atoms with Gasteiger partial charge in [0, 0.05) is 6.42 Å². The van der Waals surface area contributed by atoms with E-state index in [9.17, 15) is 0 Å². The Hall–Kier alpha value is -1.02. The fourth-order valence-corrected chi connectivity index (χ4v) is 4.22. The summed E-state index contributed by atoms with van der Waals surface area (Å²) < 4.78 is 12.9. The van der Waals surface area contributed by atoms with E-state index in [2.05, 4.69) is 79.7 Å². The molecule has 180 valence electrons. The molecule has 3 atom stereocenters. The average molecular weight is 433 g/mol. The van der Waals surface area contributed by atoms with Gasteiger partial charge in [-0.1, -0.05) is 112 Å². The number of hydrogen-bond donors (Lipinski definition) is 0. The molecule has 0 amide bonds. The zero-order valence-corrected chi connectivity index (χ0v) is 22.0. The van der Waals surface area contributed by atoms with Crippen LogP contribution in [0.15, 0.2) is 24.3 Å². The third-order valence-corrected chi connectivity index (χ3v) is 6.61. The quantitative estimate of drug-likeness (QED) is 0.343. The third-order valence-electron chi connectivity index (χ3n) is 6.61. The topological polar surface area (TPSA) is 18.5 Å². The Morgan fingerprint density at radius 3 is 2.00 bits per heavy atom. The van der Waals surface area contributed by atoms with Crippen LogP contribution in [0.1, 0.15) is 131 Å². The summed E-state index contributed by atoms with van der Waals surface area (Å²) in [6.45, 7) is 17.9. The molecule has 0 spiro atoms. The highest BCUT2D eigenvalue weighted by Gasteiger charge is 2.24. The van der Waals surface area contributed by atoms with E-state index in [1.807, 2.05) is 0 Å². The van der Waals surface area contributed by atoms with Gasteiger partial charge in [-0.15, -0.1) is 0 Å². The predicted octanol–water partition coefficient (Wildman–Crippen LogP) is 9.52. The SMILES string of the molecule is CCC.CCCC(CC)OC(CC1CCCCC1)Oc1ccc(C(C)C(C)(C)C)cc1. The molecule has 1 aromatic carbocycles. The zero-order chi connectivity index (χ0) is 23.3. The van der Waals surface area contributed by atoms with Gasteiger partial charge in [0.15, 0.2) is 6.29 Å². The molecular formula is C29H52O2. The predicted molar refractivity (Wildman–Crippen MR) is 136 cm³/mol. The summed E-state index contributed by atoms with van der Waals surface area (Å²) in [5.41, 5.74) is 1.64. The summed E-state index contributed by atoms with van der Waals surface area (Å²) in [5.74, 6) is 2.21. The van der Waals surface area contributed by atoms with Gasteiger partial charge in [-0.05, 0) is 47.8 Å². The highest BCUT2D eigenvalue weighted by molar-refractivity contribution is 5.30. The maximum Gasteiger partial charge on any atom is 0.200 e. The Balaban J connectivity index is 0.00000151. The Morgan fingerprint density at radius 1 is 0.935 bits per heavy atom. The van der Waals surface area contributed by atoms with Crippen molar-refractivity contribution in [3.8, 4) is 5.75 Å². The van der Waals surface area contributed by atoms with Crippen LogP contribution in [0.5, 0.6) is 5.75 Å². The molecule has 0 radical (unpaired) electrons. The minimum Gasteiger partial charge on any atom is -0.465 e. The molecule has 2 nitrogen and oxygen atoms in total. The molecular weight excluding hydrogens is 380 g/mol. The first-order chi connectivity index (χ1) is 14.7. The van der Waals surface area contributed by atoms with Crippen molar-refractivity contribution in [2.24, 2.45) is 11.3 Å². The van der Waals surface area contributed by atoms with Gasteiger partial charge in [-0.2, -0.15) is 0 Å². The van der Waals surface area contributed by atoms with E-state index in [-0.39, 0.29) is 11.7 Å². The van der Waals surface area contributed by atoms with E-state index < -0.39 is 0 Å². The molecule has 1 aliphatic rings. The van der Waals surface area contributed by atoms with Crippen LogP contribution in [0.3, 0.4) is 0 Å². The summed E-state index contributed by atoms with van der Waals surface area (Å²) in [6, 6.07) is 8.73. The fourth-order valence-electron chi connectivity index (χ4n) is 4.22. The van der Waals surface area contributed by atoms with Crippen LogP contribution in [-0.2, 0) is 4.74 Å². The Bertz CT molecular complexity index is 544. The normalized spacial score (nSPS) is 17.9. The molecule has 0 bridgehead atoms. The van der Waals surface area contributed by atoms with Gasteiger partial charge in [0.05, 0.1) is 6.10 Å². The number of benzene rings is 1. The van der Waals surface area contributed by atoms with Crippen molar-refractivity contribution in [2.45, 2.75) is 138 Å². The maximum absolute atomic E-state index is 6.46. The summed E-state index contributed by atoms with van der Waals surface area (Å²) in [6.07, 6.45) is 12.6. The van der Waals surface area contributed by atoms with Crippen molar-refractivity contribution in [3.63, 3.8) is 0 Å². The van der Waals surface area contributed by atoms with Crippen molar-refractivity contribution in [1.82, 2.24) is 0 Å². The molecule has 1 aromatic rings. The van der Waals surface area contributed by atoms with Crippen LogP contribution < -0.4 is 4.74 Å². The van der Waals surface area contributed by atoms with Crippen LogP contribution in [0, 0.1) is 11.3 Å². The highest BCUT2D eigenvalue weighted by atomic mass is 16.7. The van der Waals surface area contributed by atoms with Crippen molar-refractivity contribution in [1.29, 1.82) is 0 Å². The molecule has 31 heavy (non-hydrogen) atoms. The summed E-state index contributed by atoms with van der Waals surface area (Å²) in [4.78, 5) is 0. The second-order valence-electron chi connectivity index (χ2n) is 10.6. The van der Waals surface area contributed by atoms with Crippen molar-refractivity contribution >= 4 is 0 Å². The lowest BCUT2D eigenvalue weighted by molar-refractivity contribution is -0.133. The Labute approximate surface area is 194 Å². The molecule has 0 saturated heterocycles. The van der Waals surface area contributed by atoms with Crippen molar-refractivity contribution in [2.75, 3.05) is 0 Å². The van der Waals surface area contributed by atoms with E-state index >= 15 is 0 Å². The Morgan fingerprint density at radius 2 is 1.52 bits per heavy atom. The van der Waals surface area contributed by atoms with Gasteiger partial charge in [-0.3, -0.25) is 0 Å². The largest absolute Gasteiger partial charge is 0.465 e. The van der Waals surface area contributed by atoms with E-state index in [4.69, 9.17) is 9.47 Å². The van der Waals surface area contributed by atoms with Gasteiger partial charge < -0.3 is 9.47 Å². The highest BCUT2D eigenvalue weighted by Crippen LogP contribution is 2.35. The Kier molecular flexibility index (Phi) is 13.5. The van der Waals surface area contributed by atoms with Gasteiger partial charge >= 0.3 is 0 Å². The fraction of sp³-hybridized carbons (Fsp3) is 0.793. The lowest BCUT2D eigenvalue weighted by atomic mass is 9.78. The van der Waals surface area contributed by atoms with Crippen LogP contribution in [-0.4, -0.2) is 12.4 Å². The van der Waals surface area contributed by atoms with Gasteiger partial charge in [0.25, 0.3) is 0 Å². The maximum atomic E-state index is 6.46. The lowest BCUT2D eigenvalue weighted by Crippen LogP contribution is -2.30. The van der Waals surface area contributed by atoms with Crippen LogP contribution in [0.25, 0.3) is 0 Å². The first kappa shape index (κ1) is 28.0. The molecule has 0 aromatic heterocycles. The standard InChI is InChI=1S/C26H44O2.C3H8/c1-7-12-23(8-2)27-25(19-21-13-10-9-11-14-21)28-24-17-15-22(16-18-24)20(3)26(4,5)6;1-3-2/h15-18,20-21,23,25H,7-14,19H2,1-6H3;3H2,1-2H3. The van der Waals surface area contributed by atoms with Gasteiger partial charge in [0.2, 0.25) is 0 Å². The smallest absolute Gasteiger partial charge is 0.200 e. The molecule has 0 heterocycles. The molecule has 1 saturated carbocycles. The molecule has 0 N–H and O–H groups in total. The third kappa shape index (κ3) is 10.9. The zero-order valence-electron chi connectivity index (χ0n) is 22.0. The molecule has 0 aliphatic heterocycles. The molecule has 1 aliphatic carbocycles. The first-order valence-electron chi connectivity index (χ1n) is 13.2. The average Bonchev–Trinajstić information content (AvgIpc) is 2.74. The summed E-state index contributed by atoms with van der Waals surface area (Å²) >= 11 is 0. The summed E-state index contributed by atoms with van der Waals surface area (Å²) in [5, 5.41) is 0. The van der Waals surface area contributed by atoms with Crippen LogP contribution >= 0.6 is 0 Å². The molecule has 1 fully saturated rings. The molecule has 2 heteroatoms. The van der Waals surface area contributed by atoms with E-state index in [1.54, 1.807) is 0 Å². The van der Waals surface area contributed by atoms with Crippen LogP contribution in [0.4, 0.5) is 0 Å². The first-order valence-corrected chi connectivity index (χ1v) is 13.2. The second kappa shape index (κ2) is 14.9. The monoisotopic (exact) mass is 432 g/mol. The van der Waals surface area contributed by atoms with E-state index in [0.29, 0.717) is 12.0 Å². The van der Waals surface area contributed by atoms with Gasteiger partial charge in [-0.25, -0.2) is 0 Å². The van der Waals surface area contributed by atoms with E-state index in [1.165, 1.54) is 44.1 Å². The summed E-state index contributed by atoms with van der Waals surface area (Å²) in [7, 11) is 0. The number of rotatable bonds is 10. The van der Waals surface area contributed by atoms with E-state index in [0.717, 1.165) is 37.4 Å². The number of ether oxygens (including phenoxy) is 2.